The molecule has 0 aromatic rings. The van der Waals surface area contributed by atoms with Crippen molar-refractivity contribution in [2.24, 2.45) is 0 Å². The standard InChI is InChI=1S/C53H80O6/c1-4-7-10-13-16-19-22-24-25-26-27-29-31-34-37-40-43-46-52(55)58-49-50(48-57-51(54)45-42-39-36-33-30-21-18-15-12-9-6-3)59-53(56)47-44-41-38-35-32-28-23-20-17-14-11-8-5-2/h7-8,10-11,14-21,23-25,27-30,32,34,37,50H,4-6,9,12-13,22,26,31,33,35-36,38-49H2,1-3H3/b10-7-,11-8-,17-14-,18-15-,19-16-,23-20-,25-24-,29-27-,30-21-,32-28-,37-34-. The van der Waals surface area contributed by atoms with Gasteiger partial charge in [-0.2, -0.15) is 0 Å². The van der Waals surface area contributed by atoms with Crippen LogP contribution in [0.5, 0.6) is 0 Å². The zero-order chi connectivity index (χ0) is 43.0. The van der Waals surface area contributed by atoms with E-state index >= 15 is 0 Å². The summed E-state index contributed by atoms with van der Waals surface area (Å²) in [6.45, 7) is 6.17. The Bertz CT molecular complexity index is 1350. The van der Waals surface area contributed by atoms with Crippen molar-refractivity contribution in [3.63, 3.8) is 0 Å². The molecule has 0 aliphatic rings. The number of unbranched alkanes of at least 4 members (excludes halogenated alkanes) is 9. The van der Waals surface area contributed by atoms with Gasteiger partial charge >= 0.3 is 17.9 Å². The molecule has 0 aliphatic heterocycles. The molecule has 0 aliphatic carbocycles. The second kappa shape index (κ2) is 46.2. The highest BCUT2D eigenvalue weighted by atomic mass is 16.6. The number of carbonyl (C=O) groups excluding carboxylic acids is 3. The summed E-state index contributed by atoms with van der Waals surface area (Å²) in [7, 11) is 0. The number of hydrogen-bond donors (Lipinski definition) is 0. The first kappa shape index (κ1) is 54.6. The normalized spacial score (nSPS) is 13.3. The van der Waals surface area contributed by atoms with Gasteiger partial charge in [0, 0.05) is 19.3 Å². The van der Waals surface area contributed by atoms with E-state index in [0.29, 0.717) is 19.3 Å². The molecular weight excluding hydrogens is 733 g/mol. The van der Waals surface area contributed by atoms with Crippen molar-refractivity contribution < 1.29 is 28.6 Å². The van der Waals surface area contributed by atoms with Crippen LogP contribution >= 0.6 is 0 Å². The maximum absolute atomic E-state index is 12.7. The minimum absolute atomic E-state index is 0.132. The lowest BCUT2D eigenvalue weighted by Gasteiger charge is -2.18. The van der Waals surface area contributed by atoms with Gasteiger partial charge in [0.2, 0.25) is 0 Å². The molecule has 0 N–H and O–H groups in total. The van der Waals surface area contributed by atoms with Crippen LogP contribution in [-0.2, 0) is 28.6 Å². The predicted molar refractivity (Wildman–Crippen MR) is 251 cm³/mol. The molecular formula is C53H80O6. The third kappa shape index (κ3) is 44.5. The van der Waals surface area contributed by atoms with Gasteiger partial charge in [0.15, 0.2) is 6.10 Å². The largest absolute Gasteiger partial charge is 0.462 e. The minimum atomic E-state index is -0.835. The number of hydrogen-bond acceptors (Lipinski definition) is 6. The highest BCUT2D eigenvalue weighted by Crippen LogP contribution is 2.10. The summed E-state index contributed by atoms with van der Waals surface area (Å²) in [5, 5.41) is 0. The monoisotopic (exact) mass is 813 g/mol. The fraction of sp³-hybridized carbons (Fsp3) is 0.528. The molecule has 0 fully saturated rings. The summed E-state index contributed by atoms with van der Waals surface area (Å²) < 4.78 is 16.6. The Balaban J connectivity index is 4.60. The lowest BCUT2D eigenvalue weighted by molar-refractivity contribution is -0.167. The van der Waals surface area contributed by atoms with Crippen LogP contribution in [0.4, 0.5) is 0 Å². The van der Waals surface area contributed by atoms with Crippen LogP contribution in [0.2, 0.25) is 0 Å². The Morgan fingerprint density at radius 3 is 1.27 bits per heavy atom. The quantitative estimate of drug-likeness (QED) is 0.0203. The van der Waals surface area contributed by atoms with Gasteiger partial charge in [-0.25, -0.2) is 0 Å². The SMILES string of the molecule is CC\C=C/C=C\C=C/C=C\CCCCCC(=O)OC(COC(=O)CCC/C=C\C/C=C\C/C=C\C/C=C\C/C=C\CC)COC(=O)CCCCC/C=C\C=C/CCCC. The van der Waals surface area contributed by atoms with E-state index in [0.717, 1.165) is 96.3 Å². The fourth-order valence-electron chi connectivity index (χ4n) is 5.34. The van der Waals surface area contributed by atoms with Crippen LogP contribution < -0.4 is 0 Å². The number of rotatable bonds is 38. The number of carbonyl (C=O) groups is 3. The lowest BCUT2D eigenvalue weighted by atomic mass is 10.1. The molecule has 0 aromatic carbocycles. The molecule has 6 heteroatoms. The van der Waals surface area contributed by atoms with Gasteiger partial charge in [-0.3, -0.25) is 14.4 Å². The van der Waals surface area contributed by atoms with Crippen molar-refractivity contribution in [2.45, 2.75) is 168 Å². The lowest BCUT2D eigenvalue weighted by Crippen LogP contribution is -2.30. The summed E-state index contributed by atoms with van der Waals surface area (Å²) in [5.41, 5.74) is 0. The Labute approximate surface area is 360 Å². The maximum Gasteiger partial charge on any atom is 0.306 e. The van der Waals surface area contributed by atoms with Crippen LogP contribution in [-0.4, -0.2) is 37.2 Å². The smallest absolute Gasteiger partial charge is 0.306 e. The molecule has 59 heavy (non-hydrogen) atoms. The van der Waals surface area contributed by atoms with Gasteiger partial charge < -0.3 is 14.2 Å². The van der Waals surface area contributed by atoms with E-state index in [9.17, 15) is 14.4 Å². The summed E-state index contributed by atoms with van der Waals surface area (Å²) in [6, 6.07) is 0. The molecule has 0 amide bonds. The average molecular weight is 813 g/mol. The first-order valence-electron chi connectivity index (χ1n) is 22.8. The molecule has 0 spiro atoms. The van der Waals surface area contributed by atoms with E-state index < -0.39 is 6.10 Å². The second-order valence-electron chi connectivity index (χ2n) is 14.3. The first-order valence-corrected chi connectivity index (χ1v) is 22.8. The van der Waals surface area contributed by atoms with E-state index in [4.69, 9.17) is 14.2 Å². The molecule has 6 nitrogen and oxygen atoms in total. The third-order valence-electron chi connectivity index (χ3n) is 8.74. The molecule has 0 saturated heterocycles. The summed E-state index contributed by atoms with van der Waals surface area (Å²) in [4.78, 5) is 37.7. The van der Waals surface area contributed by atoms with Gasteiger partial charge in [-0.15, -0.1) is 0 Å². The average Bonchev–Trinajstić information content (AvgIpc) is 3.23. The molecule has 1 atom stereocenters. The van der Waals surface area contributed by atoms with E-state index in [-0.39, 0.29) is 44.0 Å². The van der Waals surface area contributed by atoms with Crippen LogP contribution in [0, 0.1) is 0 Å². The number of ether oxygens (including phenoxy) is 3. The Morgan fingerprint density at radius 2 is 0.763 bits per heavy atom. The van der Waals surface area contributed by atoms with Gasteiger partial charge in [0.05, 0.1) is 0 Å². The van der Waals surface area contributed by atoms with Crippen LogP contribution in [0.15, 0.2) is 134 Å². The second-order valence-corrected chi connectivity index (χ2v) is 14.3. The highest BCUT2D eigenvalue weighted by molar-refractivity contribution is 5.71. The van der Waals surface area contributed by atoms with Crippen molar-refractivity contribution in [2.75, 3.05) is 13.2 Å². The third-order valence-corrected chi connectivity index (χ3v) is 8.74. The van der Waals surface area contributed by atoms with Crippen molar-refractivity contribution >= 4 is 17.9 Å². The number of allylic oxidation sites excluding steroid dienone is 22. The topological polar surface area (TPSA) is 78.9 Å². The molecule has 0 aromatic heterocycles. The molecule has 0 saturated carbocycles. The van der Waals surface area contributed by atoms with Gasteiger partial charge in [0.1, 0.15) is 13.2 Å². The van der Waals surface area contributed by atoms with Crippen LogP contribution in [0.1, 0.15) is 162 Å². The van der Waals surface area contributed by atoms with Crippen molar-refractivity contribution in [3.8, 4) is 0 Å². The number of esters is 3. The van der Waals surface area contributed by atoms with Crippen LogP contribution in [0.25, 0.3) is 0 Å². The fourth-order valence-corrected chi connectivity index (χ4v) is 5.34. The molecule has 0 bridgehead atoms. The van der Waals surface area contributed by atoms with E-state index in [2.05, 4.69) is 118 Å². The van der Waals surface area contributed by atoms with Crippen molar-refractivity contribution in [3.05, 3.63) is 134 Å². The highest BCUT2D eigenvalue weighted by Gasteiger charge is 2.19. The molecule has 1 unspecified atom stereocenters. The van der Waals surface area contributed by atoms with E-state index in [1.807, 2.05) is 36.5 Å². The predicted octanol–water partition coefficient (Wildman–Crippen LogP) is 14.7. The van der Waals surface area contributed by atoms with Gasteiger partial charge in [-0.05, 0) is 96.3 Å². The maximum atomic E-state index is 12.7. The first-order chi connectivity index (χ1) is 29.0. The van der Waals surface area contributed by atoms with Gasteiger partial charge in [0.25, 0.3) is 0 Å². The Hall–Kier alpha value is -4.45. The summed E-state index contributed by atoms with van der Waals surface area (Å²) in [6.07, 6.45) is 64.4. The molecule has 0 rings (SSSR count). The summed E-state index contributed by atoms with van der Waals surface area (Å²) >= 11 is 0. The zero-order valence-corrected chi connectivity index (χ0v) is 37.2. The van der Waals surface area contributed by atoms with E-state index in [1.54, 1.807) is 0 Å². The molecule has 0 radical (unpaired) electrons. The van der Waals surface area contributed by atoms with Crippen molar-refractivity contribution in [1.29, 1.82) is 0 Å². The van der Waals surface area contributed by atoms with Gasteiger partial charge in [-0.1, -0.05) is 180 Å². The Morgan fingerprint density at radius 1 is 0.373 bits per heavy atom. The van der Waals surface area contributed by atoms with E-state index in [1.165, 1.54) is 12.8 Å². The van der Waals surface area contributed by atoms with Crippen LogP contribution in [0.3, 0.4) is 0 Å². The zero-order valence-electron chi connectivity index (χ0n) is 37.2. The summed E-state index contributed by atoms with van der Waals surface area (Å²) in [5.74, 6) is -1.07. The van der Waals surface area contributed by atoms with Crippen molar-refractivity contribution in [1.82, 2.24) is 0 Å². The molecule has 328 valence electrons. The minimum Gasteiger partial charge on any atom is -0.462 e. The Kier molecular flexibility index (Phi) is 42.8. The molecule has 0 heterocycles.